The predicted molar refractivity (Wildman–Crippen MR) is 78.6 cm³/mol. The first-order valence-electron chi connectivity index (χ1n) is 6.31. The number of hydrogen-bond donors (Lipinski definition) is 2. The van der Waals surface area contributed by atoms with Gasteiger partial charge in [0.25, 0.3) is 0 Å². The summed E-state index contributed by atoms with van der Waals surface area (Å²) in [6.45, 7) is 4.32. The fraction of sp³-hybridized carbons (Fsp3) is 0.133. The highest BCUT2D eigenvalue weighted by atomic mass is 32.1. The fourth-order valence-corrected chi connectivity index (χ4v) is 3.52. The lowest BCUT2D eigenvalue weighted by atomic mass is 10.1. The van der Waals surface area contributed by atoms with Crippen LogP contribution in [0.2, 0.25) is 0 Å². The van der Waals surface area contributed by atoms with Crippen LogP contribution >= 0.6 is 11.3 Å². The van der Waals surface area contributed by atoms with Crippen LogP contribution in [0.4, 0.5) is 0 Å². The lowest BCUT2D eigenvalue weighted by molar-refractivity contribution is -0.513. The van der Waals surface area contributed by atoms with Crippen LogP contribution in [0.25, 0.3) is 27.1 Å². The van der Waals surface area contributed by atoms with Gasteiger partial charge in [0.2, 0.25) is 0 Å². The number of aryl methyl sites for hydroxylation is 2. The molecule has 0 aliphatic heterocycles. The molecule has 0 bridgehead atoms. The monoisotopic (exact) mass is 268 g/mol. The van der Waals surface area contributed by atoms with Crippen molar-refractivity contribution in [3.05, 3.63) is 47.2 Å². The molecule has 2 N–H and O–H groups in total. The van der Waals surface area contributed by atoms with Crippen LogP contribution in [0.5, 0.6) is 0 Å². The molecule has 0 atom stereocenters. The second-order valence-corrected chi connectivity index (χ2v) is 6.04. The highest BCUT2D eigenvalue weighted by molar-refractivity contribution is 7.16. The Morgan fingerprint density at radius 3 is 2.84 bits per heavy atom. The number of benzene rings is 1. The number of nitrogens with one attached hydrogen (secondary N) is 2. The van der Waals surface area contributed by atoms with E-state index in [1.807, 2.05) is 0 Å². The van der Waals surface area contributed by atoms with E-state index in [2.05, 4.69) is 64.9 Å². The van der Waals surface area contributed by atoms with E-state index in [4.69, 9.17) is 0 Å². The van der Waals surface area contributed by atoms with Crippen molar-refractivity contribution in [1.82, 2.24) is 9.97 Å². The zero-order chi connectivity index (χ0) is 13.0. The summed E-state index contributed by atoms with van der Waals surface area (Å²) in [5, 5.41) is 1.26. The maximum absolute atomic E-state index is 3.51. The maximum Gasteiger partial charge on any atom is 0.344 e. The van der Waals surface area contributed by atoms with E-state index in [1.165, 1.54) is 32.0 Å². The molecule has 0 saturated carbocycles. The first-order chi connectivity index (χ1) is 9.24. The molecule has 0 saturated heterocycles. The molecule has 0 radical (unpaired) electrons. The van der Waals surface area contributed by atoms with Gasteiger partial charge in [0.05, 0.1) is 10.4 Å². The van der Waals surface area contributed by atoms with Crippen LogP contribution in [0.15, 0.2) is 36.7 Å². The van der Waals surface area contributed by atoms with Gasteiger partial charge in [-0.25, -0.2) is 4.98 Å². The number of para-hydroxylation sites is 1. The van der Waals surface area contributed by atoms with E-state index in [1.54, 1.807) is 11.3 Å². The molecule has 94 valence electrons. The van der Waals surface area contributed by atoms with E-state index < -0.39 is 0 Å². The normalized spacial score (nSPS) is 11.7. The second kappa shape index (κ2) is 3.71. The summed E-state index contributed by atoms with van der Waals surface area (Å²) in [6.07, 6.45) is 4.26. The molecule has 0 amide bonds. The van der Waals surface area contributed by atoms with E-state index in [-0.39, 0.29) is 0 Å². The van der Waals surface area contributed by atoms with Crippen LogP contribution in [0, 0.1) is 13.8 Å². The zero-order valence-electron chi connectivity index (χ0n) is 10.8. The van der Waals surface area contributed by atoms with Crippen LogP contribution in [-0.4, -0.2) is 9.97 Å². The summed E-state index contributed by atoms with van der Waals surface area (Å²) in [6, 6.07) is 8.39. The lowest BCUT2D eigenvalue weighted by Gasteiger charge is -1.90. The van der Waals surface area contributed by atoms with Crippen LogP contribution in [-0.2, 0) is 0 Å². The predicted octanol–water partition coefficient (Wildman–Crippen LogP) is 3.58. The van der Waals surface area contributed by atoms with Crippen LogP contribution in [0.1, 0.15) is 10.6 Å². The topological polar surface area (TPSA) is 35.7 Å². The number of rotatable bonds is 1. The van der Waals surface area contributed by atoms with Gasteiger partial charge in [-0.2, -0.15) is 4.40 Å². The van der Waals surface area contributed by atoms with Crippen molar-refractivity contribution in [2.24, 2.45) is 0 Å². The Balaban J connectivity index is 1.99. The minimum Gasteiger partial charge on any atom is -0.360 e. The maximum atomic E-state index is 3.51. The summed E-state index contributed by atoms with van der Waals surface area (Å²) < 4.78 is 2.23. The van der Waals surface area contributed by atoms with Crippen molar-refractivity contribution < 1.29 is 4.40 Å². The molecule has 19 heavy (non-hydrogen) atoms. The average Bonchev–Trinajstić information content (AvgIpc) is 3.06. The first kappa shape index (κ1) is 10.8. The quantitative estimate of drug-likeness (QED) is 0.495. The largest absolute Gasteiger partial charge is 0.360 e. The van der Waals surface area contributed by atoms with Crippen LogP contribution in [0.3, 0.4) is 0 Å². The van der Waals surface area contributed by atoms with E-state index >= 15 is 0 Å². The Labute approximate surface area is 114 Å². The summed E-state index contributed by atoms with van der Waals surface area (Å²) in [7, 11) is 0. The Bertz CT molecular complexity index is 895. The SMILES string of the molecule is Cc1sc2[nH]c(-c3c[nH]c4ccccc34)c[n+]2c1C. The molecule has 0 aliphatic carbocycles. The number of aromatic amines is 2. The van der Waals surface area contributed by atoms with Crippen molar-refractivity contribution >= 4 is 27.2 Å². The molecular formula is C15H14N3S+. The van der Waals surface area contributed by atoms with Gasteiger partial charge in [-0.15, -0.1) is 0 Å². The van der Waals surface area contributed by atoms with Gasteiger partial charge < -0.3 is 4.98 Å². The number of imidazole rings is 1. The highest BCUT2D eigenvalue weighted by Crippen LogP contribution is 2.28. The third kappa shape index (κ3) is 1.47. The van der Waals surface area contributed by atoms with Gasteiger partial charge in [-0.05, 0) is 19.9 Å². The summed E-state index contributed by atoms with van der Waals surface area (Å²) >= 11 is 1.80. The number of thiazole rings is 1. The Hall–Kier alpha value is -2.07. The Morgan fingerprint density at radius 1 is 1.16 bits per heavy atom. The molecular weight excluding hydrogens is 254 g/mol. The van der Waals surface area contributed by atoms with Crippen molar-refractivity contribution in [3.8, 4) is 11.3 Å². The highest BCUT2D eigenvalue weighted by Gasteiger charge is 2.18. The standard InChI is InChI=1S/C15H13N3S/c1-9-10(2)19-15-17-14(8-18(9)15)12-7-16-13-6-4-3-5-11(12)13/h3-8,16H,1-2H3/p+1. The van der Waals surface area contributed by atoms with E-state index in [0.29, 0.717) is 0 Å². The van der Waals surface area contributed by atoms with E-state index in [9.17, 15) is 0 Å². The summed E-state index contributed by atoms with van der Waals surface area (Å²) in [5.74, 6) is 0. The second-order valence-electron chi connectivity index (χ2n) is 4.83. The molecule has 0 fully saturated rings. The minimum absolute atomic E-state index is 1.16. The fourth-order valence-electron chi connectivity index (χ4n) is 2.54. The number of fused-ring (bicyclic) bond motifs is 2. The third-order valence-electron chi connectivity index (χ3n) is 3.72. The third-order valence-corrected chi connectivity index (χ3v) is 4.81. The number of nitrogens with zero attached hydrogens (tertiary/aromatic N) is 1. The summed E-state index contributed by atoms with van der Waals surface area (Å²) in [5.41, 5.74) is 4.87. The first-order valence-corrected chi connectivity index (χ1v) is 7.12. The minimum atomic E-state index is 1.16. The molecule has 4 rings (SSSR count). The molecule has 3 nitrogen and oxygen atoms in total. The molecule has 3 heterocycles. The number of H-pyrrole nitrogens is 2. The Kier molecular flexibility index (Phi) is 2.11. The van der Waals surface area contributed by atoms with Gasteiger partial charge in [0.15, 0.2) is 5.69 Å². The lowest BCUT2D eigenvalue weighted by Crippen LogP contribution is -2.18. The van der Waals surface area contributed by atoms with Gasteiger partial charge in [-0.3, -0.25) is 0 Å². The summed E-state index contributed by atoms with van der Waals surface area (Å²) in [4.78, 5) is 9.38. The molecule has 4 heteroatoms. The van der Waals surface area contributed by atoms with Crippen molar-refractivity contribution in [2.45, 2.75) is 13.8 Å². The molecule has 0 aliphatic rings. The van der Waals surface area contributed by atoms with Crippen molar-refractivity contribution in [3.63, 3.8) is 0 Å². The number of hydrogen-bond acceptors (Lipinski definition) is 1. The van der Waals surface area contributed by atoms with Gasteiger partial charge >= 0.3 is 4.96 Å². The van der Waals surface area contributed by atoms with Crippen molar-refractivity contribution in [1.29, 1.82) is 0 Å². The molecule has 1 aromatic carbocycles. The molecule has 0 unspecified atom stereocenters. The molecule has 3 aromatic heterocycles. The van der Waals surface area contributed by atoms with Gasteiger partial charge in [-0.1, -0.05) is 29.5 Å². The Morgan fingerprint density at radius 2 is 2.00 bits per heavy atom. The molecule has 4 aromatic rings. The number of aromatic nitrogens is 3. The van der Waals surface area contributed by atoms with Gasteiger partial charge in [0.1, 0.15) is 11.9 Å². The average molecular weight is 268 g/mol. The van der Waals surface area contributed by atoms with Crippen LogP contribution < -0.4 is 4.40 Å². The van der Waals surface area contributed by atoms with Crippen molar-refractivity contribution in [2.75, 3.05) is 0 Å². The smallest absolute Gasteiger partial charge is 0.344 e. The van der Waals surface area contributed by atoms with E-state index in [0.717, 1.165) is 5.69 Å². The van der Waals surface area contributed by atoms with Gasteiger partial charge in [0, 0.05) is 17.1 Å². The zero-order valence-corrected chi connectivity index (χ0v) is 11.6. The molecule has 0 spiro atoms.